The average Bonchev–Trinajstić information content (AvgIpc) is 2.19. The van der Waals surface area contributed by atoms with Crippen LogP contribution in [0, 0.1) is 25.7 Å². The van der Waals surface area contributed by atoms with Crippen LogP contribution in [-0.4, -0.2) is 18.2 Å². The zero-order chi connectivity index (χ0) is 11.7. The van der Waals surface area contributed by atoms with Gasteiger partial charge >= 0.3 is 23.2 Å². The minimum atomic E-state index is -0.384. The maximum absolute atomic E-state index is 11.1. The number of alkyl carbamates (subject to hydrolysis) is 1. The molecule has 0 heterocycles. The molecular weight excluding hydrogens is 245 g/mol. The quantitative estimate of drug-likeness (QED) is 0.472. The minimum absolute atomic E-state index is 0. The molecule has 0 saturated heterocycles. The molecule has 4 heteroatoms. The van der Waals surface area contributed by atoms with Crippen molar-refractivity contribution in [2.45, 2.75) is 38.7 Å². The summed E-state index contributed by atoms with van der Waals surface area (Å²) >= 11 is 0. The van der Waals surface area contributed by atoms with E-state index < -0.39 is 0 Å². The Hall–Kier alpha value is -0.781. The summed E-state index contributed by atoms with van der Waals surface area (Å²) in [6.07, 6.45) is 2.68. The van der Waals surface area contributed by atoms with Gasteiger partial charge in [-0.15, -0.1) is 0 Å². The van der Waals surface area contributed by atoms with Gasteiger partial charge in [-0.1, -0.05) is 0 Å². The summed E-state index contributed by atoms with van der Waals surface area (Å²) in [4.78, 5) is 11.1. The second-order valence-electron chi connectivity index (χ2n) is 3.40. The molecule has 1 radical (unpaired) electrons. The third-order valence-corrected chi connectivity index (χ3v) is 2.20. The maximum Gasteiger partial charge on any atom is 2.00 e. The van der Waals surface area contributed by atoms with Crippen LogP contribution in [0.1, 0.15) is 33.1 Å². The van der Waals surface area contributed by atoms with Crippen molar-refractivity contribution in [2.75, 3.05) is 6.54 Å². The fourth-order valence-electron chi connectivity index (χ4n) is 1.22. The first-order valence-corrected chi connectivity index (χ1v) is 5.09. The number of ether oxygens (including phenoxy) is 1. The fourth-order valence-corrected chi connectivity index (χ4v) is 1.22. The first-order valence-electron chi connectivity index (χ1n) is 5.09. The molecule has 1 N–H and O–H groups in total. The van der Waals surface area contributed by atoms with Crippen LogP contribution in [0.25, 0.3) is 0 Å². The topological polar surface area (TPSA) is 38.3 Å². The molecule has 1 amide bonds. The maximum atomic E-state index is 11.1. The van der Waals surface area contributed by atoms with Crippen molar-refractivity contribution in [3.05, 3.63) is 13.8 Å². The predicted octanol–water partition coefficient (Wildman–Crippen LogP) is 2.33. The van der Waals surface area contributed by atoms with Crippen molar-refractivity contribution < 1.29 is 26.6 Å². The van der Waals surface area contributed by atoms with Gasteiger partial charge in [0.15, 0.2) is 0 Å². The predicted molar refractivity (Wildman–Crippen MR) is 60.9 cm³/mol. The molecule has 0 aromatic carbocycles. The van der Waals surface area contributed by atoms with E-state index >= 15 is 0 Å². The van der Waals surface area contributed by atoms with Crippen molar-refractivity contribution >= 4 is 6.09 Å². The fraction of sp³-hybridized carbons (Fsp3) is 0.583. The van der Waals surface area contributed by atoms with Crippen LogP contribution in [0.5, 0.6) is 0 Å². The van der Waals surface area contributed by atoms with Crippen LogP contribution in [-0.2, 0) is 21.8 Å². The molecule has 16 heavy (non-hydrogen) atoms. The zero-order valence-electron chi connectivity index (χ0n) is 9.94. The molecule has 0 aromatic heterocycles. The van der Waals surface area contributed by atoms with E-state index in [0.29, 0.717) is 6.54 Å². The van der Waals surface area contributed by atoms with E-state index in [1.807, 2.05) is 6.92 Å². The molecule has 1 fully saturated rings. The number of hydrogen-bond acceptors (Lipinski definition) is 2. The zero-order valence-corrected chi connectivity index (χ0v) is 11.1. The Morgan fingerprint density at radius 1 is 1.50 bits per heavy atom. The molecule has 1 saturated carbocycles. The van der Waals surface area contributed by atoms with Crippen LogP contribution in [0.4, 0.5) is 4.79 Å². The molecule has 0 bridgehead atoms. The molecular formula is C12H19MnNO2. The number of carbonyl (C=O) groups excluding carboxylic acids is 1. The standard InChI is InChI=1S/C10H14NO2.C2H5.Mn/c1-3-4-8-11-9(12)13-10(2)6-5-7-10;1-2;/h1,5-8H2,2H3,(H,11,12);1H2,2H3;/q2*-1;+2. The van der Waals surface area contributed by atoms with Crippen molar-refractivity contribution in [3.63, 3.8) is 0 Å². The molecule has 0 unspecified atom stereocenters. The summed E-state index contributed by atoms with van der Waals surface area (Å²) in [6.45, 7) is 10.6. The Balaban J connectivity index is 0. The number of carbonyl (C=O) groups is 1. The molecule has 0 spiro atoms. The van der Waals surface area contributed by atoms with Gasteiger partial charge in [0.2, 0.25) is 0 Å². The van der Waals surface area contributed by atoms with Gasteiger partial charge in [-0.25, -0.2) is 4.79 Å². The van der Waals surface area contributed by atoms with E-state index in [-0.39, 0.29) is 28.8 Å². The molecule has 0 aromatic rings. The van der Waals surface area contributed by atoms with Crippen molar-refractivity contribution in [3.8, 4) is 11.8 Å². The van der Waals surface area contributed by atoms with E-state index in [4.69, 9.17) is 4.74 Å². The van der Waals surface area contributed by atoms with Gasteiger partial charge in [0, 0.05) is 0 Å². The molecule has 91 valence electrons. The normalized spacial score (nSPS) is 14.7. The van der Waals surface area contributed by atoms with E-state index in [1.54, 1.807) is 6.92 Å². The Bertz CT molecular complexity index is 251. The first kappa shape index (κ1) is 17.6. The van der Waals surface area contributed by atoms with E-state index in [1.165, 1.54) is 0 Å². The molecule has 1 aliphatic carbocycles. The number of amides is 1. The molecule has 3 nitrogen and oxygen atoms in total. The second kappa shape index (κ2) is 9.45. The Kier molecular flexibility index (Phi) is 10.4. The third kappa shape index (κ3) is 6.66. The second-order valence-corrected chi connectivity index (χ2v) is 3.40. The van der Waals surface area contributed by atoms with Gasteiger partial charge in [-0.2, -0.15) is 13.8 Å². The smallest absolute Gasteiger partial charge is 0.443 e. The van der Waals surface area contributed by atoms with Crippen LogP contribution in [0.2, 0.25) is 0 Å². The van der Waals surface area contributed by atoms with Crippen molar-refractivity contribution in [1.82, 2.24) is 5.32 Å². The van der Waals surface area contributed by atoms with Gasteiger partial charge in [0.25, 0.3) is 0 Å². The Morgan fingerprint density at radius 3 is 2.44 bits per heavy atom. The van der Waals surface area contributed by atoms with Crippen molar-refractivity contribution in [1.29, 1.82) is 0 Å². The first-order chi connectivity index (χ1) is 7.16. The SMILES string of the molecule is [CH2-]C.[CH2-]C#CCNC(=O)OC1(C)CCC1.[Mn+2]. The Morgan fingerprint density at radius 2 is 2.06 bits per heavy atom. The molecule has 0 aliphatic heterocycles. The largest absolute Gasteiger partial charge is 2.00 e. The van der Waals surface area contributed by atoms with E-state index in [0.717, 1.165) is 19.3 Å². The van der Waals surface area contributed by atoms with Gasteiger partial charge < -0.3 is 22.9 Å². The van der Waals surface area contributed by atoms with Gasteiger partial charge in [0.1, 0.15) is 5.60 Å². The number of nitrogens with one attached hydrogen (secondary N) is 1. The van der Waals surface area contributed by atoms with Crippen LogP contribution >= 0.6 is 0 Å². The molecule has 0 atom stereocenters. The summed E-state index contributed by atoms with van der Waals surface area (Å²) in [6, 6.07) is 0. The number of rotatable bonds is 2. The van der Waals surface area contributed by atoms with Crippen LogP contribution < -0.4 is 5.32 Å². The van der Waals surface area contributed by atoms with Crippen LogP contribution in [0.3, 0.4) is 0 Å². The van der Waals surface area contributed by atoms with Gasteiger partial charge in [-0.05, 0) is 32.7 Å². The monoisotopic (exact) mass is 264 g/mol. The van der Waals surface area contributed by atoms with Gasteiger partial charge in [-0.3, -0.25) is 5.92 Å². The average molecular weight is 264 g/mol. The molecule has 1 rings (SSSR count). The molecule has 1 aliphatic rings. The van der Waals surface area contributed by atoms with E-state index in [9.17, 15) is 4.79 Å². The van der Waals surface area contributed by atoms with Crippen LogP contribution in [0.15, 0.2) is 0 Å². The van der Waals surface area contributed by atoms with Gasteiger partial charge in [0.05, 0.1) is 0 Å². The third-order valence-electron chi connectivity index (χ3n) is 2.20. The van der Waals surface area contributed by atoms with Crippen molar-refractivity contribution in [2.24, 2.45) is 0 Å². The number of hydrogen-bond donors (Lipinski definition) is 1. The summed E-state index contributed by atoms with van der Waals surface area (Å²) in [5.74, 6) is 5.07. The summed E-state index contributed by atoms with van der Waals surface area (Å²) < 4.78 is 5.18. The minimum Gasteiger partial charge on any atom is -0.443 e. The summed E-state index contributed by atoms with van der Waals surface area (Å²) in [5, 5.41) is 2.53. The summed E-state index contributed by atoms with van der Waals surface area (Å²) in [5.41, 5.74) is -0.234. The summed E-state index contributed by atoms with van der Waals surface area (Å²) in [7, 11) is 0. The van der Waals surface area contributed by atoms with E-state index in [2.05, 4.69) is 31.0 Å². The Labute approximate surface area is 109 Å².